The van der Waals surface area contributed by atoms with Gasteiger partial charge in [0.15, 0.2) is 0 Å². The first-order chi connectivity index (χ1) is 10.2. The van der Waals surface area contributed by atoms with Crippen LogP contribution in [0.5, 0.6) is 0 Å². The number of rotatable bonds is 8. The lowest BCUT2D eigenvalue weighted by Gasteiger charge is -2.21. The van der Waals surface area contributed by atoms with Crippen molar-refractivity contribution >= 4 is 20.0 Å². The Balaban J connectivity index is 3.37. The minimum atomic E-state index is -3.67. The third-order valence-electron chi connectivity index (χ3n) is 3.49. The second-order valence-corrected chi connectivity index (χ2v) is 8.53. The van der Waals surface area contributed by atoms with E-state index in [1.807, 2.05) is 0 Å². The van der Waals surface area contributed by atoms with Crippen molar-refractivity contribution in [2.45, 2.75) is 37.5 Å². The quantitative estimate of drug-likeness (QED) is 0.717. The van der Waals surface area contributed by atoms with Crippen molar-refractivity contribution in [2.24, 2.45) is 0 Å². The molecule has 0 bridgehead atoms. The second-order valence-electron chi connectivity index (χ2n) is 4.65. The number of hydrogen-bond acceptors (Lipinski definition) is 4. The Kier molecular flexibility index (Phi) is 6.54. The van der Waals surface area contributed by atoms with Gasteiger partial charge in [0.25, 0.3) is 0 Å². The molecule has 1 aromatic rings. The van der Waals surface area contributed by atoms with Gasteiger partial charge in [-0.1, -0.05) is 33.8 Å². The van der Waals surface area contributed by atoms with Crippen LogP contribution < -0.4 is 0 Å². The number of benzene rings is 1. The lowest BCUT2D eigenvalue weighted by Crippen LogP contribution is -2.32. The Bertz CT molecular complexity index is 634. The summed E-state index contributed by atoms with van der Waals surface area (Å²) in [5, 5.41) is 0. The van der Waals surface area contributed by atoms with E-state index in [0.717, 1.165) is 0 Å². The second kappa shape index (κ2) is 7.54. The Morgan fingerprint density at radius 3 is 1.32 bits per heavy atom. The van der Waals surface area contributed by atoms with Gasteiger partial charge < -0.3 is 0 Å². The number of sulfonamides is 2. The van der Waals surface area contributed by atoms with Crippen molar-refractivity contribution in [3.63, 3.8) is 0 Å². The molecule has 0 heterocycles. The predicted octanol–water partition coefficient (Wildman–Crippen LogP) is 1.75. The van der Waals surface area contributed by atoms with E-state index in [1.165, 1.54) is 32.9 Å². The fraction of sp³-hybridized carbons (Fsp3) is 0.571. The molecule has 0 radical (unpaired) electrons. The lowest BCUT2D eigenvalue weighted by atomic mass is 10.4. The van der Waals surface area contributed by atoms with Gasteiger partial charge in [-0.05, 0) is 18.2 Å². The molecule has 6 nitrogen and oxygen atoms in total. The van der Waals surface area contributed by atoms with E-state index in [4.69, 9.17) is 0 Å². The van der Waals surface area contributed by atoms with Gasteiger partial charge in [-0.3, -0.25) is 0 Å². The Morgan fingerprint density at radius 2 is 1.05 bits per heavy atom. The smallest absolute Gasteiger partial charge is 0.207 e. The fourth-order valence-corrected chi connectivity index (χ4v) is 5.30. The van der Waals surface area contributed by atoms with Crippen molar-refractivity contribution in [1.29, 1.82) is 0 Å². The van der Waals surface area contributed by atoms with Crippen molar-refractivity contribution in [3.05, 3.63) is 24.3 Å². The molecule has 0 aliphatic heterocycles. The average Bonchev–Trinajstić information content (AvgIpc) is 2.49. The molecular formula is C14H24N2O4S2. The van der Waals surface area contributed by atoms with Crippen LogP contribution in [-0.4, -0.2) is 51.6 Å². The van der Waals surface area contributed by atoms with Crippen molar-refractivity contribution in [2.75, 3.05) is 26.2 Å². The first kappa shape index (κ1) is 19.1. The van der Waals surface area contributed by atoms with Gasteiger partial charge in [0, 0.05) is 26.2 Å². The van der Waals surface area contributed by atoms with Crippen LogP contribution in [0.15, 0.2) is 34.1 Å². The van der Waals surface area contributed by atoms with Crippen LogP contribution in [0.3, 0.4) is 0 Å². The molecule has 8 heteroatoms. The molecule has 0 atom stereocenters. The van der Waals surface area contributed by atoms with Gasteiger partial charge in [0.05, 0.1) is 9.79 Å². The van der Waals surface area contributed by atoms with E-state index in [0.29, 0.717) is 26.2 Å². The summed E-state index contributed by atoms with van der Waals surface area (Å²) in [6, 6.07) is 5.55. The highest BCUT2D eigenvalue weighted by Gasteiger charge is 2.26. The maximum Gasteiger partial charge on any atom is 0.243 e. The maximum atomic E-state index is 12.5. The topological polar surface area (TPSA) is 74.8 Å². The fourth-order valence-electron chi connectivity index (χ4n) is 2.22. The van der Waals surface area contributed by atoms with Crippen molar-refractivity contribution in [1.82, 2.24) is 8.61 Å². The monoisotopic (exact) mass is 348 g/mol. The molecule has 0 aliphatic carbocycles. The predicted molar refractivity (Wildman–Crippen MR) is 86.7 cm³/mol. The molecule has 126 valence electrons. The zero-order valence-corrected chi connectivity index (χ0v) is 15.1. The third-order valence-corrected chi connectivity index (χ3v) is 7.58. The van der Waals surface area contributed by atoms with Gasteiger partial charge in [-0.15, -0.1) is 0 Å². The van der Waals surface area contributed by atoms with Crippen LogP contribution in [0, 0.1) is 0 Å². The molecule has 0 fully saturated rings. The van der Waals surface area contributed by atoms with Crippen LogP contribution in [0.2, 0.25) is 0 Å². The van der Waals surface area contributed by atoms with Crippen LogP contribution in [0.1, 0.15) is 27.7 Å². The van der Waals surface area contributed by atoms with Crippen molar-refractivity contribution < 1.29 is 16.8 Å². The van der Waals surface area contributed by atoms with E-state index in [1.54, 1.807) is 27.7 Å². The Hall–Kier alpha value is -0.960. The highest BCUT2D eigenvalue weighted by molar-refractivity contribution is 7.90. The van der Waals surface area contributed by atoms with Gasteiger partial charge in [-0.25, -0.2) is 16.8 Å². The largest absolute Gasteiger partial charge is 0.243 e. The molecule has 0 N–H and O–H groups in total. The van der Waals surface area contributed by atoms with E-state index >= 15 is 0 Å². The highest BCUT2D eigenvalue weighted by atomic mass is 32.2. The summed E-state index contributed by atoms with van der Waals surface area (Å²) >= 11 is 0. The average molecular weight is 348 g/mol. The molecule has 1 rings (SSSR count). The Labute approximate surface area is 133 Å². The van der Waals surface area contributed by atoms with Gasteiger partial charge in [0.1, 0.15) is 0 Å². The molecule has 0 aliphatic rings. The molecular weight excluding hydrogens is 324 g/mol. The summed E-state index contributed by atoms with van der Waals surface area (Å²) < 4.78 is 52.6. The lowest BCUT2D eigenvalue weighted by molar-refractivity contribution is 0.443. The number of nitrogens with zero attached hydrogens (tertiary/aromatic N) is 2. The van der Waals surface area contributed by atoms with E-state index in [-0.39, 0.29) is 9.79 Å². The third kappa shape index (κ3) is 3.68. The first-order valence-electron chi connectivity index (χ1n) is 7.35. The van der Waals surface area contributed by atoms with Crippen LogP contribution >= 0.6 is 0 Å². The van der Waals surface area contributed by atoms with E-state index < -0.39 is 20.0 Å². The molecule has 22 heavy (non-hydrogen) atoms. The summed E-state index contributed by atoms with van der Waals surface area (Å²) in [6.07, 6.45) is 0. The molecule has 0 saturated carbocycles. The Morgan fingerprint density at radius 1 is 0.727 bits per heavy atom. The van der Waals surface area contributed by atoms with Gasteiger partial charge >= 0.3 is 0 Å². The molecule has 0 amide bonds. The van der Waals surface area contributed by atoms with Crippen molar-refractivity contribution in [3.8, 4) is 0 Å². The summed E-state index contributed by atoms with van der Waals surface area (Å²) in [5.74, 6) is 0. The summed E-state index contributed by atoms with van der Waals surface area (Å²) in [5.41, 5.74) is 0. The normalized spacial score (nSPS) is 13.0. The molecule has 0 unspecified atom stereocenters. The van der Waals surface area contributed by atoms with Gasteiger partial charge in [-0.2, -0.15) is 8.61 Å². The molecule has 0 aromatic heterocycles. The summed E-state index contributed by atoms with van der Waals surface area (Å²) in [7, 11) is -7.35. The van der Waals surface area contributed by atoms with Crippen LogP contribution in [-0.2, 0) is 20.0 Å². The van der Waals surface area contributed by atoms with E-state index in [9.17, 15) is 16.8 Å². The summed E-state index contributed by atoms with van der Waals surface area (Å²) in [6.45, 7) is 8.35. The first-order valence-corrected chi connectivity index (χ1v) is 10.2. The minimum Gasteiger partial charge on any atom is -0.207 e. The zero-order chi connectivity index (χ0) is 17.0. The maximum absolute atomic E-state index is 12.5. The molecule has 0 saturated heterocycles. The molecule has 0 spiro atoms. The zero-order valence-electron chi connectivity index (χ0n) is 13.5. The van der Waals surface area contributed by atoms with Gasteiger partial charge in [0.2, 0.25) is 20.0 Å². The van der Waals surface area contributed by atoms with Crippen LogP contribution in [0.4, 0.5) is 0 Å². The van der Waals surface area contributed by atoms with E-state index in [2.05, 4.69) is 0 Å². The minimum absolute atomic E-state index is 0.00410. The number of hydrogen-bond donors (Lipinski definition) is 0. The highest BCUT2D eigenvalue weighted by Crippen LogP contribution is 2.21. The van der Waals surface area contributed by atoms with Crippen LogP contribution in [0.25, 0.3) is 0 Å². The SMILES string of the molecule is CCN(CC)S(=O)(=O)c1cccc(S(=O)(=O)N(CC)CC)c1. The molecule has 1 aromatic carbocycles. The summed E-state index contributed by atoms with van der Waals surface area (Å²) in [4.78, 5) is 0.00821. The standard InChI is InChI=1S/C14H24N2O4S2/c1-5-15(6-2)21(17,18)13-10-9-11-14(12-13)22(19,20)16(7-3)8-4/h9-12H,5-8H2,1-4H3.